The third kappa shape index (κ3) is 3.63. The second-order valence-electron chi connectivity index (χ2n) is 3.89. The van der Waals surface area contributed by atoms with Gasteiger partial charge in [-0.2, -0.15) is 0 Å². The van der Waals surface area contributed by atoms with Crippen molar-refractivity contribution in [3.63, 3.8) is 0 Å². The first kappa shape index (κ1) is 13.7. The van der Waals surface area contributed by atoms with E-state index in [2.05, 4.69) is 5.32 Å². The summed E-state index contributed by atoms with van der Waals surface area (Å²) >= 11 is 11.9. The lowest BCUT2D eigenvalue weighted by molar-refractivity contribution is 0.215. The fraction of sp³-hybridized carbons (Fsp3) is 0.0714. The molecule has 0 radical (unpaired) electrons. The van der Waals surface area contributed by atoms with E-state index in [1.54, 1.807) is 43.3 Å². The second kappa shape index (κ2) is 5.95. The lowest BCUT2D eigenvalue weighted by Gasteiger charge is -2.10. The van der Waals surface area contributed by atoms with Gasteiger partial charge in [0.25, 0.3) is 0 Å². The second-order valence-corrected chi connectivity index (χ2v) is 4.73. The van der Waals surface area contributed by atoms with E-state index in [9.17, 15) is 4.79 Å². The first-order chi connectivity index (χ1) is 9.06. The third-order valence-electron chi connectivity index (χ3n) is 2.50. The molecule has 0 saturated heterocycles. The molecule has 0 aromatic heterocycles. The molecule has 0 aliphatic heterocycles. The Hall–Kier alpha value is -1.71. The Morgan fingerprint density at radius 1 is 1.16 bits per heavy atom. The van der Waals surface area contributed by atoms with Crippen LogP contribution < -0.4 is 10.1 Å². The topological polar surface area (TPSA) is 38.3 Å². The molecule has 1 N–H and O–H groups in total. The Kier molecular flexibility index (Phi) is 4.30. The van der Waals surface area contributed by atoms with Crippen molar-refractivity contribution in [1.29, 1.82) is 0 Å². The molecule has 2 aromatic rings. The van der Waals surface area contributed by atoms with Gasteiger partial charge in [-0.1, -0.05) is 41.4 Å². The number of carbonyl (C=O) groups excluding carboxylic acids is 1. The van der Waals surface area contributed by atoms with Crippen molar-refractivity contribution in [3.05, 3.63) is 58.1 Å². The van der Waals surface area contributed by atoms with Crippen LogP contribution in [-0.2, 0) is 0 Å². The van der Waals surface area contributed by atoms with Crippen molar-refractivity contribution < 1.29 is 9.53 Å². The fourth-order valence-electron chi connectivity index (χ4n) is 1.51. The van der Waals surface area contributed by atoms with Crippen LogP contribution in [0.4, 0.5) is 10.5 Å². The number of ether oxygens (including phenoxy) is 1. The molecule has 98 valence electrons. The first-order valence-electron chi connectivity index (χ1n) is 5.56. The van der Waals surface area contributed by atoms with Crippen LogP contribution in [0.3, 0.4) is 0 Å². The normalized spacial score (nSPS) is 10.1. The number of hydrogen-bond donors (Lipinski definition) is 1. The van der Waals surface area contributed by atoms with Crippen LogP contribution >= 0.6 is 23.2 Å². The van der Waals surface area contributed by atoms with Gasteiger partial charge in [-0.05, 0) is 36.8 Å². The number of hydrogen-bond acceptors (Lipinski definition) is 2. The van der Waals surface area contributed by atoms with Gasteiger partial charge in [-0.3, -0.25) is 5.32 Å². The lowest BCUT2D eigenvalue weighted by atomic mass is 10.2. The zero-order valence-corrected chi connectivity index (χ0v) is 11.6. The molecule has 0 aliphatic rings. The fourth-order valence-corrected chi connectivity index (χ4v) is 2.00. The van der Waals surface area contributed by atoms with Gasteiger partial charge in [0.1, 0.15) is 5.75 Å². The molecule has 3 nitrogen and oxygen atoms in total. The molecule has 1 amide bonds. The highest BCUT2D eigenvalue weighted by Crippen LogP contribution is 2.28. The SMILES string of the molecule is Cc1c(Cl)cc(Cl)cc1NC(=O)Oc1ccccc1. The Morgan fingerprint density at radius 2 is 1.84 bits per heavy atom. The Bertz CT molecular complexity index is 600. The van der Waals surface area contributed by atoms with Gasteiger partial charge in [0, 0.05) is 15.7 Å². The van der Waals surface area contributed by atoms with Crippen molar-refractivity contribution in [2.75, 3.05) is 5.32 Å². The van der Waals surface area contributed by atoms with Crippen molar-refractivity contribution in [2.45, 2.75) is 6.92 Å². The number of rotatable bonds is 2. The lowest BCUT2D eigenvalue weighted by Crippen LogP contribution is -2.17. The molecular weight excluding hydrogens is 285 g/mol. The van der Waals surface area contributed by atoms with E-state index in [4.69, 9.17) is 27.9 Å². The van der Waals surface area contributed by atoms with Crippen LogP contribution in [0.15, 0.2) is 42.5 Å². The quantitative estimate of drug-likeness (QED) is 0.854. The average Bonchev–Trinajstić information content (AvgIpc) is 2.36. The number of amides is 1. The zero-order valence-electron chi connectivity index (χ0n) is 10.1. The summed E-state index contributed by atoms with van der Waals surface area (Å²) < 4.78 is 5.12. The average molecular weight is 296 g/mol. The monoisotopic (exact) mass is 295 g/mol. The predicted octanol–water partition coefficient (Wildman–Crippen LogP) is 4.91. The minimum atomic E-state index is -0.590. The molecule has 19 heavy (non-hydrogen) atoms. The standard InChI is InChI=1S/C14H11Cl2NO2/c1-9-12(16)7-10(15)8-13(9)17-14(18)19-11-5-3-2-4-6-11/h2-8H,1H3,(H,17,18). The van der Waals surface area contributed by atoms with Crippen molar-refractivity contribution in [3.8, 4) is 5.75 Å². The van der Waals surface area contributed by atoms with Crippen LogP contribution in [0.25, 0.3) is 0 Å². The van der Waals surface area contributed by atoms with Crippen LogP contribution in [0, 0.1) is 6.92 Å². The first-order valence-corrected chi connectivity index (χ1v) is 6.31. The van der Waals surface area contributed by atoms with Crippen LogP contribution in [0.2, 0.25) is 10.0 Å². The van der Waals surface area contributed by atoms with E-state index >= 15 is 0 Å². The van der Waals surface area contributed by atoms with Gasteiger partial charge in [0.2, 0.25) is 0 Å². The number of para-hydroxylation sites is 1. The van der Waals surface area contributed by atoms with Crippen molar-refractivity contribution in [1.82, 2.24) is 0 Å². The smallest absolute Gasteiger partial charge is 0.410 e. The zero-order chi connectivity index (χ0) is 13.8. The molecule has 2 rings (SSSR count). The highest BCUT2D eigenvalue weighted by molar-refractivity contribution is 6.35. The summed E-state index contributed by atoms with van der Waals surface area (Å²) in [6.45, 7) is 1.79. The minimum absolute atomic E-state index is 0.450. The molecule has 0 saturated carbocycles. The minimum Gasteiger partial charge on any atom is -0.410 e. The highest BCUT2D eigenvalue weighted by atomic mass is 35.5. The molecule has 2 aromatic carbocycles. The summed E-state index contributed by atoms with van der Waals surface area (Å²) in [6, 6.07) is 12.0. The number of halogens is 2. The van der Waals surface area contributed by atoms with Gasteiger partial charge in [0.15, 0.2) is 0 Å². The number of benzene rings is 2. The Labute approximate surface area is 121 Å². The molecular formula is C14H11Cl2NO2. The largest absolute Gasteiger partial charge is 0.417 e. The number of nitrogens with one attached hydrogen (secondary N) is 1. The van der Waals surface area contributed by atoms with Crippen LogP contribution in [0.5, 0.6) is 5.75 Å². The molecule has 0 spiro atoms. The molecule has 0 bridgehead atoms. The van der Waals surface area contributed by atoms with E-state index < -0.39 is 6.09 Å². The molecule has 0 unspecified atom stereocenters. The van der Waals surface area contributed by atoms with Gasteiger partial charge < -0.3 is 4.74 Å². The number of carbonyl (C=O) groups is 1. The Morgan fingerprint density at radius 3 is 2.53 bits per heavy atom. The van der Waals surface area contributed by atoms with E-state index in [0.29, 0.717) is 21.5 Å². The van der Waals surface area contributed by atoms with Gasteiger partial charge in [0.05, 0.1) is 0 Å². The van der Waals surface area contributed by atoms with Gasteiger partial charge >= 0.3 is 6.09 Å². The molecule has 0 aliphatic carbocycles. The van der Waals surface area contributed by atoms with Crippen LogP contribution in [0.1, 0.15) is 5.56 Å². The summed E-state index contributed by atoms with van der Waals surface area (Å²) in [4.78, 5) is 11.7. The maximum atomic E-state index is 11.7. The maximum absolute atomic E-state index is 11.7. The molecule has 0 atom stereocenters. The van der Waals surface area contributed by atoms with Gasteiger partial charge in [-0.15, -0.1) is 0 Å². The van der Waals surface area contributed by atoms with Crippen LogP contribution in [-0.4, -0.2) is 6.09 Å². The molecule has 0 heterocycles. The summed E-state index contributed by atoms with van der Waals surface area (Å²) in [6.07, 6.45) is -0.590. The van der Waals surface area contributed by atoms with E-state index in [1.165, 1.54) is 0 Å². The molecule has 5 heteroatoms. The van der Waals surface area contributed by atoms with E-state index in [1.807, 2.05) is 6.07 Å². The van der Waals surface area contributed by atoms with E-state index in [0.717, 1.165) is 5.56 Å². The number of anilines is 1. The van der Waals surface area contributed by atoms with Crippen molar-refractivity contribution >= 4 is 35.0 Å². The molecule has 0 fully saturated rings. The maximum Gasteiger partial charge on any atom is 0.417 e. The Balaban J connectivity index is 2.11. The highest BCUT2D eigenvalue weighted by Gasteiger charge is 2.10. The third-order valence-corrected chi connectivity index (χ3v) is 3.11. The summed E-state index contributed by atoms with van der Waals surface area (Å²) in [5.74, 6) is 0.464. The summed E-state index contributed by atoms with van der Waals surface area (Å²) in [5, 5.41) is 3.55. The summed E-state index contributed by atoms with van der Waals surface area (Å²) in [5.41, 5.74) is 1.26. The summed E-state index contributed by atoms with van der Waals surface area (Å²) in [7, 11) is 0. The predicted molar refractivity (Wildman–Crippen MR) is 77.3 cm³/mol. The van der Waals surface area contributed by atoms with Gasteiger partial charge in [-0.25, -0.2) is 4.79 Å². The van der Waals surface area contributed by atoms with Crippen molar-refractivity contribution in [2.24, 2.45) is 0 Å². The van der Waals surface area contributed by atoms with E-state index in [-0.39, 0.29) is 0 Å².